The fourth-order valence-corrected chi connectivity index (χ4v) is 5.07. The van der Waals surface area contributed by atoms with Gasteiger partial charge in [-0.05, 0) is 73.8 Å². The maximum atomic E-state index is 10.6. The van der Waals surface area contributed by atoms with Gasteiger partial charge < -0.3 is 14.1 Å². The lowest BCUT2D eigenvalue weighted by Gasteiger charge is -2.12. The second kappa shape index (κ2) is 9.41. The summed E-state index contributed by atoms with van der Waals surface area (Å²) in [5.74, 6) is 0.245. The highest BCUT2D eigenvalue weighted by Gasteiger charge is 2.28. The third kappa shape index (κ3) is 4.37. The van der Waals surface area contributed by atoms with Crippen molar-refractivity contribution in [2.24, 2.45) is 0 Å². The van der Waals surface area contributed by atoms with Crippen molar-refractivity contribution in [3.05, 3.63) is 103 Å². The quantitative estimate of drug-likeness (QED) is 0.166. The number of rotatable bonds is 1. The SMILES string of the molecule is O=S([O-])C(F)(F)F.Oc1cccc2oc3ccc(-c4ccc5c6ccccc6c6ccccc6c5c4)cc3c12. The molecule has 1 unspecified atom stereocenters. The first kappa shape index (κ1) is 24.9. The van der Waals surface area contributed by atoms with Gasteiger partial charge in [0.25, 0.3) is 0 Å². The zero-order valence-corrected chi connectivity index (χ0v) is 20.8. The molecule has 0 spiro atoms. The number of hydrogen-bond acceptors (Lipinski definition) is 4. The molecule has 0 saturated heterocycles. The van der Waals surface area contributed by atoms with Crippen molar-refractivity contribution in [1.29, 1.82) is 0 Å². The first-order chi connectivity index (χ1) is 18.7. The minimum atomic E-state index is -5.08. The number of phenolic OH excluding ortho intramolecular Hbond substituents is 1. The summed E-state index contributed by atoms with van der Waals surface area (Å²) in [7, 11) is 0. The molecular weight excluding hydrogens is 525 g/mol. The van der Waals surface area contributed by atoms with E-state index >= 15 is 0 Å². The standard InChI is InChI=1S/C30H18O2.CHF3O2S/c31-27-10-5-11-29-30(27)26-17-19(13-15-28(26)32-29)18-12-14-24-22-8-2-1-6-20(22)21-7-3-4-9-23(21)25(24)16-18;2-1(3,4)7(5)6/h1-17,31H;(H,5,6)/p-1. The Labute approximate surface area is 222 Å². The maximum absolute atomic E-state index is 10.6. The lowest BCUT2D eigenvalue weighted by atomic mass is 9.92. The topological polar surface area (TPSA) is 73.5 Å². The number of hydrogen-bond donors (Lipinski definition) is 1. The average molecular weight is 544 g/mol. The van der Waals surface area contributed by atoms with E-state index in [4.69, 9.17) is 13.2 Å². The van der Waals surface area contributed by atoms with Gasteiger partial charge in [-0.2, -0.15) is 13.2 Å². The summed E-state index contributed by atoms with van der Waals surface area (Å²) in [5.41, 5.74) is -1.36. The highest BCUT2D eigenvalue weighted by Crippen LogP contribution is 2.39. The van der Waals surface area contributed by atoms with E-state index in [1.165, 1.54) is 32.3 Å². The van der Waals surface area contributed by atoms with E-state index in [0.717, 1.165) is 27.5 Å². The molecule has 0 bridgehead atoms. The number of halogens is 3. The number of alkyl halides is 3. The molecule has 194 valence electrons. The molecule has 7 rings (SSSR count). The number of fused-ring (bicyclic) bond motifs is 9. The van der Waals surface area contributed by atoms with Gasteiger partial charge in [-0.15, -0.1) is 0 Å². The Morgan fingerprint density at radius 3 is 1.67 bits per heavy atom. The maximum Gasteiger partial charge on any atom is 0.458 e. The molecule has 0 amide bonds. The Hall–Kier alpha value is -4.40. The Morgan fingerprint density at radius 2 is 1.10 bits per heavy atom. The van der Waals surface area contributed by atoms with Crippen LogP contribution < -0.4 is 0 Å². The van der Waals surface area contributed by atoms with Crippen molar-refractivity contribution >= 4 is 65.3 Å². The van der Waals surface area contributed by atoms with Crippen LogP contribution in [0.25, 0.3) is 65.4 Å². The molecule has 1 atom stereocenters. The normalized spacial score (nSPS) is 12.7. The van der Waals surface area contributed by atoms with Gasteiger partial charge in [0.2, 0.25) is 0 Å². The van der Waals surface area contributed by atoms with E-state index in [9.17, 15) is 18.3 Å². The number of phenols is 1. The molecule has 7 aromatic rings. The fourth-order valence-electron chi connectivity index (χ4n) is 5.07. The molecule has 0 radical (unpaired) electrons. The number of furan rings is 1. The Morgan fingerprint density at radius 1 is 0.615 bits per heavy atom. The molecule has 0 fully saturated rings. The van der Waals surface area contributed by atoms with Gasteiger partial charge in [0.15, 0.2) is 0 Å². The van der Waals surface area contributed by atoms with Crippen LogP contribution in [0.4, 0.5) is 13.2 Å². The molecule has 4 nitrogen and oxygen atoms in total. The van der Waals surface area contributed by atoms with Gasteiger partial charge >= 0.3 is 5.51 Å². The van der Waals surface area contributed by atoms with Gasteiger partial charge in [-0.1, -0.05) is 72.8 Å². The van der Waals surface area contributed by atoms with Gasteiger partial charge in [0.1, 0.15) is 16.9 Å². The molecule has 1 heterocycles. The average Bonchev–Trinajstić information content (AvgIpc) is 3.32. The molecule has 0 saturated carbocycles. The summed E-state index contributed by atoms with van der Waals surface area (Å²) < 4.78 is 55.4. The summed E-state index contributed by atoms with van der Waals surface area (Å²) in [5, 5.41) is 19.7. The van der Waals surface area contributed by atoms with Crippen molar-refractivity contribution < 1.29 is 31.5 Å². The molecule has 0 aliphatic carbocycles. The monoisotopic (exact) mass is 543 g/mol. The van der Waals surface area contributed by atoms with Crippen molar-refractivity contribution in [3.8, 4) is 16.9 Å². The lowest BCUT2D eigenvalue weighted by molar-refractivity contribution is -0.0452. The summed E-state index contributed by atoms with van der Waals surface area (Å²) in [6, 6.07) is 35.5. The summed E-state index contributed by atoms with van der Waals surface area (Å²) in [6.07, 6.45) is 0. The smallest absolute Gasteiger partial charge is 0.458 e. The van der Waals surface area contributed by atoms with Crippen LogP contribution in [0.15, 0.2) is 108 Å². The molecule has 1 aromatic heterocycles. The van der Waals surface area contributed by atoms with Crippen molar-refractivity contribution in [2.75, 3.05) is 0 Å². The highest BCUT2D eigenvalue weighted by molar-refractivity contribution is 7.80. The minimum absolute atomic E-state index is 0.245. The van der Waals surface area contributed by atoms with Crippen LogP contribution in [0.5, 0.6) is 5.75 Å². The van der Waals surface area contributed by atoms with Gasteiger partial charge in [-0.25, -0.2) is 0 Å². The van der Waals surface area contributed by atoms with Crippen LogP contribution in [-0.2, 0) is 11.1 Å². The van der Waals surface area contributed by atoms with Crippen molar-refractivity contribution in [1.82, 2.24) is 0 Å². The number of benzene rings is 6. The van der Waals surface area contributed by atoms with Crippen LogP contribution in [0.2, 0.25) is 0 Å². The van der Waals surface area contributed by atoms with Crippen LogP contribution in [-0.4, -0.2) is 19.4 Å². The van der Waals surface area contributed by atoms with E-state index in [0.29, 0.717) is 5.58 Å². The predicted octanol–water partition coefficient (Wildman–Crippen LogP) is 8.80. The second-order valence-electron chi connectivity index (χ2n) is 9.00. The first-order valence-corrected chi connectivity index (χ1v) is 12.9. The van der Waals surface area contributed by atoms with E-state index in [2.05, 4.69) is 78.9 Å². The zero-order valence-electron chi connectivity index (χ0n) is 20.0. The second-order valence-corrected chi connectivity index (χ2v) is 9.93. The molecular formula is C31H18F3O4S-. The van der Waals surface area contributed by atoms with E-state index in [1.807, 2.05) is 12.1 Å². The minimum Gasteiger partial charge on any atom is -0.766 e. The van der Waals surface area contributed by atoms with Crippen LogP contribution in [0.3, 0.4) is 0 Å². The number of aromatic hydroxyl groups is 1. The third-order valence-corrected chi connectivity index (χ3v) is 7.12. The lowest BCUT2D eigenvalue weighted by Crippen LogP contribution is -2.14. The third-order valence-electron chi connectivity index (χ3n) is 6.74. The van der Waals surface area contributed by atoms with Crippen LogP contribution in [0.1, 0.15) is 0 Å². The Kier molecular flexibility index (Phi) is 6.01. The van der Waals surface area contributed by atoms with Crippen LogP contribution >= 0.6 is 0 Å². The molecule has 1 N–H and O–H groups in total. The van der Waals surface area contributed by atoms with Crippen LogP contribution in [0, 0.1) is 0 Å². The van der Waals surface area contributed by atoms with Gasteiger partial charge in [0.05, 0.1) is 16.5 Å². The fraction of sp³-hybridized carbons (Fsp3) is 0.0323. The summed E-state index contributed by atoms with van der Waals surface area (Å²) in [4.78, 5) is 0. The Bertz CT molecular complexity index is 2030. The van der Waals surface area contributed by atoms with Crippen molar-refractivity contribution in [3.63, 3.8) is 0 Å². The summed E-state index contributed by atoms with van der Waals surface area (Å²) >= 11 is -3.93. The highest BCUT2D eigenvalue weighted by atomic mass is 32.2. The predicted molar refractivity (Wildman–Crippen MR) is 148 cm³/mol. The molecule has 6 aromatic carbocycles. The van der Waals surface area contributed by atoms with E-state index < -0.39 is 16.6 Å². The van der Waals surface area contributed by atoms with Gasteiger partial charge in [0, 0.05) is 5.39 Å². The zero-order chi connectivity index (χ0) is 27.3. The molecule has 8 heteroatoms. The van der Waals surface area contributed by atoms with E-state index in [-0.39, 0.29) is 5.75 Å². The molecule has 0 aliphatic rings. The largest absolute Gasteiger partial charge is 0.766 e. The summed E-state index contributed by atoms with van der Waals surface area (Å²) in [6.45, 7) is 0. The molecule has 0 aliphatic heterocycles. The van der Waals surface area contributed by atoms with Crippen molar-refractivity contribution in [2.45, 2.75) is 5.51 Å². The van der Waals surface area contributed by atoms with E-state index in [1.54, 1.807) is 12.1 Å². The molecule has 39 heavy (non-hydrogen) atoms. The van der Waals surface area contributed by atoms with Gasteiger partial charge in [-0.3, -0.25) is 4.21 Å². The Balaban J connectivity index is 0.000000353. The first-order valence-electron chi connectivity index (χ1n) is 11.9.